The number of amides is 1. The van der Waals surface area contributed by atoms with Gasteiger partial charge in [0.2, 0.25) is 5.91 Å². The SMILES string of the molecule is Cc1cc(C)cc(CNCCCC(N)=O)c1. The molecule has 0 radical (unpaired) electrons. The van der Waals surface area contributed by atoms with E-state index in [0.717, 1.165) is 19.5 Å². The molecule has 0 atom stereocenters. The predicted octanol–water partition coefficient (Wildman–Crippen LogP) is 1.66. The average molecular weight is 220 g/mol. The third-order valence-corrected chi connectivity index (χ3v) is 2.39. The van der Waals surface area contributed by atoms with Crippen LogP contribution >= 0.6 is 0 Å². The van der Waals surface area contributed by atoms with Gasteiger partial charge in [0.1, 0.15) is 0 Å². The highest BCUT2D eigenvalue weighted by atomic mass is 16.1. The maximum Gasteiger partial charge on any atom is 0.217 e. The maximum atomic E-state index is 10.5. The van der Waals surface area contributed by atoms with Gasteiger partial charge in [-0.2, -0.15) is 0 Å². The van der Waals surface area contributed by atoms with Crippen LogP contribution in [0.25, 0.3) is 0 Å². The van der Waals surface area contributed by atoms with Crippen LogP contribution in [0.2, 0.25) is 0 Å². The molecule has 0 aliphatic carbocycles. The van der Waals surface area contributed by atoms with Crippen LogP contribution in [0.15, 0.2) is 18.2 Å². The Balaban J connectivity index is 2.29. The van der Waals surface area contributed by atoms with E-state index in [0.29, 0.717) is 6.42 Å². The summed E-state index contributed by atoms with van der Waals surface area (Å²) in [4.78, 5) is 10.5. The molecule has 1 rings (SSSR count). The zero-order valence-corrected chi connectivity index (χ0v) is 10.0. The van der Waals surface area contributed by atoms with Crippen molar-refractivity contribution in [2.75, 3.05) is 6.54 Å². The molecular weight excluding hydrogens is 200 g/mol. The summed E-state index contributed by atoms with van der Waals surface area (Å²) in [6, 6.07) is 6.51. The van der Waals surface area contributed by atoms with Crippen LogP contribution in [0.1, 0.15) is 29.5 Å². The van der Waals surface area contributed by atoms with Crippen LogP contribution in [0.3, 0.4) is 0 Å². The van der Waals surface area contributed by atoms with E-state index in [1.807, 2.05) is 0 Å². The lowest BCUT2D eigenvalue weighted by atomic mass is 10.1. The summed E-state index contributed by atoms with van der Waals surface area (Å²) in [6.07, 6.45) is 1.26. The molecule has 0 saturated carbocycles. The summed E-state index contributed by atoms with van der Waals surface area (Å²) in [6.45, 7) is 5.88. The molecule has 1 aromatic carbocycles. The summed E-state index contributed by atoms with van der Waals surface area (Å²) in [5.74, 6) is -0.229. The second-order valence-electron chi connectivity index (χ2n) is 4.24. The fourth-order valence-electron chi connectivity index (χ4n) is 1.79. The monoisotopic (exact) mass is 220 g/mol. The third kappa shape index (κ3) is 4.94. The molecule has 0 saturated heterocycles. The number of nitrogens with one attached hydrogen (secondary N) is 1. The standard InChI is InChI=1S/C13H20N2O/c1-10-6-11(2)8-12(7-10)9-15-5-3-4-13(14)16/h6-8,15H,3-5,9H2,1-2H3,(H2,14,16). The predicted molar refractivity (Wildman–Crippen MR) is 66.1 cm³/mol. The van der Waals surface area contributed by atoms with Crippen molar-refractivity contribution in [1.82, 2.24) is 5.32 Å². The molecule has 0 aliphatic rings. The number of hydrogen-bond donors (Lipinski definition) is 2. The van der Waals surface area contributed by atoms with Crippen LogP contribution in [0, 0.1) is 13.8 Å². The molecular formula is C13H20N2O. The van der Waals surface area contributed by atoms with Crippen LogP contribution in [0.5, 0.6) is 0 Å². The van der Waals surface area contributed by atoms with E-state index < -0.39 is 0 Å². The Bertz CT molecular complexity index is 341. The van der Waals surface area contributed by atoms with E-state index in [1.54, 1.807) is 0 Å². The highest BCUT2D eigenvalue weighted by Crippen LogP contribution is 2.08. The van der Waals surface area contributed by atoms with Gasteiger partial charge in [0.15, 0.2) is 0 Å². The Morgan fingerprint density at radius 2 is 1.88 bits per heavy atom. The van der Waals surface area contributed by atoms with Crippen molar-refractivity contribution in [2.45, 2.75) is 33.2 Å². The molecule has 16 heavy (non-hydrogen) atoms. The van der Waals surface area contributed by atoms with Gasteiger partial charge in [0.05, 0.1) is 0 Å². The number of primary amides is 1. The van der Waals surface area contributed by atoms with Crippen molar-refractivity contribution in [3.05, 3.63) is 34.9 Å². The molecule has 0 bridgehead atoms. The van der Waals surface area contributed by atoms with E-state index in [2.05, 4.69) is 37.4 Å². The highest BCUT2D eigenvalue weighted by Gasteiger charge is 1.97. The molecule has 3 heteroatoms. The quantitative estimate of drug-likeness (QED) is 0.716. The summed E-state index contributed by atoms with van der Waals surface area (Å²) in [5.41, 5.74) is 8.92. The van der Waals surface area contributed by atoms with E-state index in [-0.39, 0.29) is 5.91 Å². The number of nitrogens with two attached hydrogens (primary N) is 1. The van der Waals surface area contributed by atoms with Crippen molar-refractivity contribution >= 4 is 5.91 Å². The van der Waals surface area contributed by atoms with Crippen LogP contribution in [0.4, 0.5) is 0 Å². The first kappa shape index (κ1) is 12.7. The zero-order valence-electron chi connectivity index (χ0n) is 10.0. The molecule has 1 amide bonds. The van der Waals surface area contributed by atoms with Crippen molar-refractivity contribution in [3.63, 3.8) is 0 Å². The normalized spacial score (nSPS) is 10.4. The van der Waals surface area contributed by atoms with Crippen LogP contribution < -0.4 is 11.1 Å². The van der Waals surface area contributed by atoms with E-state index in [4.69, 9.17) is 5.73 Å². The van der Waals surface area contributed by atoms with Gasteiger partial charge in [-0.25, -0.2) is 0 Å². The van der Waals surface area contributed by atoms with E-state index in [9.17, 15) is 4.79 Å². The van der Waals surface area contributed by atoms with Crippen LogP contribution in [-0.2, 0) is 11.3 Å². The van der Waals surface area contributed by atoms with Gasteiger partial charge in [-0.1, -0.05) is 29.3 Å². The lowest BCUT2D eigenvalue weighted by Gasteiger charge is -2.06. The van der Waals surface area contributed by atoms with Crippen molar-refractivity contribution in [3.8, 4) is 0 Å². The van der Waals surface area contributed by atoms with Gasteiger partial charge in [0, 0.05) is 13.0 Å². The minimum Gasteiger partial charge on any atom is -0.370 e. The second kappa shape index (κ2) is 6.28. The summed E-state index contributed by atoms with van der Waals surface area (Å²) in [7, 11) is 0. The fraction of sp³-hybridized carbons (Fsp3) is 0.462. The molecule has 0 fully saturated rings. The van der Waals surface area contributed by atoms with Gasteiger partial charge in [0.25, 0.3) is 0 Å². The van der Waals surface area contributed by atoms with Crippen LogP contribution in [-0.4, -0.2) is 12.5 Å². The fourth-order valence-corrected chi connectivity index (χ4v) is 1.79. The lowest BCUT2D eigenvalue weighted by Crippen LogP contribution is -2.18. The topological polar surface area (TPSA) is 55.1 Å². The maximum absolute atomic E-state index is 10.5. The lowest BCUT2D eigenvalue weighted by molar-refractivity contribution is -0.118. The largest absolute Gasteiger partial charge is 0.370 e. The molecule has 3 nitrogen and oxygen atoms in total. The number of benzene rings is 1. The Morgan fingerprint density at radius 1 is 1.25 bits per heavy atom. The second-order valence-corrected chi connectivity index (χ2v) is 4.24. The highest BCUT2D eigenvalue weighted by molar-refractivity contribution is 5.73. The molecule has 1 aromatic rings. The van der Waals surface area contributed by atoms with Gasteiger partial charge < -0.3 is 11.1 Å². The number of carbonyl (C=O) groups is 1. The summed E-state index contributed by atoms with van der Waals surface area (Å²) >= 11 is 0. The number of aryl methyl sites for hydroxylation is 2. The number of carbonyl (C=O) groups excluding carboxylic acids is 1. The van der Waals surface area contributed by atoms with Crippen molar-refractivity contribution < 1.29 is 4.79 Å². The Morgan fingerprint density at radius 3 is 2.44 bits per heavy atom. The first-order chi connectivity index (χ1) is 7.58. The molecule has 0 spiro atoms. The van der Waals surface area contributed by atoms with Crippen molar-refractivity contribution in [2.24, 2.45) is 5.73 Å². The van der Waals surface area contributed by atoms with Gasteiger partial charge in [-0.15, -0.1) is 0 Å². The Kier molecular flexibility index (Phi) is 4.99. The Hall–Kier alpha value is -1.35. The van der Waals surface area contributed by atoms with Gasteiger partial charge in [-0.05, 0) is 32.4 Å². The van der Waals surface area contributed by atoms with Gasteiger partial charge >= 0.3 is 0 Å². The minimum absolute atomic E-state index is 0.229. The molecule has 0 heterocycles. The first-order valence-electron chi connectivity index (χ1n) is 5.64. The summed E-state index contributed by atoms with van der Waals surface area (Å²) in [5, 5.41) is 3.30. The average Bonchev–Trinajstić information content (AvgIpc) is 2.15. The number of hydrogen-bond acceptors (Lipinski definition) is 2. The van der Waals surface area contributed by atoms with E-state index in [1.165, 1.54) is 16.7 Å². The molecule has 3 N–H and O–H groups in total. The van der Waals surface area contributed by atoms with E-state index >= 15 is 0 Å². The molecule has 88 valence electrons. The molecule has 0 aliphatic heterocycles. The molecule has 0 aromatic heterocycles. The smallest absolute Gasteiger partial charge is 0.217 e. The van der Waals surface area contributed by atoms with Gasteiger partial charge in [-0.3, -0.25) is 4.79 Å². The number of rotatable bonds is 6. The third-order valence-electron chi connectivity index (χ3n) is 2.39. The van der Waals surface area contributed by atoms with Crippen molar-refractivity contribution in [1.29, 1.82) is 0 Å². The summed E-state index contributed by atoms with van der Waals surface area (Å²) < 4.78 is 0. The Labute approximate surface area is 97.0 Å². The molecule has 0 unspecified atom stereocenters. The minimum atomic E-state index is -0.229. The first-order valence-corrected chi connectivity index (χ1v) is 5.64. The zero-order chi connectivity index (χ0) is 12.0.